The SMILES string of the molecule is O.O.O.O[C-]1OO[C-](O)OO1.[Fe+2].[Fe]. The maximum Gasteiger partial charge on any atom is 2.00 e. The summed E-state index contributed by atoms with van der Waals surface area (Å²) in [6.07, 6.45) is 0. The minimum absolute atomic E-state index is 0. The molecular weight excluding hydrogens is 280 g/mol. The minimum atomic E-state index is -0.914. The Hall–Kier alpha value is 0.679. The van der Waals surface area contributed by atoms with Gasteiger partial charge in [-0.3, -0.25) is 0 Å². The summed E-state index contributed by atoms with van der Waals surface area (Å²) in [6, 6.07) is 0. The van der Waals surface area contributed by atoms with Crippen molar-refractivity contribution in [2.75, 3.05) is 0 Å². The third-order valence-electron chi connectivity index (χ3n) is 0.368. The summed E-state index contributed by atoms with van der Waals surface area (Å²) >= 11 is 0. The summed E-state index contributed by atoms with van der Waals surface area (Å²) in [6.45, 7) is -1.83. The first-order valence-electron chi connectivity index (χ1n) is 1.60. The Bertz CT molecular complexity index is 64.0. The van der Waals surface area contributed by atoms with E-state index >= 15 is 0 Å². The van der Waals surface area contributed by atoms with Crippen LogP contribution in [-0.4, -0.2) is 26.6 Å². The van der Waals surface area contributed by atoms with E-state index in [1.807, 2.05) is 0 Å². The molecule has 1 heterocycles. The minimum Gasteiger partial charge on any atom is -0.507 e. The van der Waals surface area contributed by atoms with Crippen LogP contribution >= 0.6 is 0 Å². The Morgan fingerprint density at radius 3 is 1.00 bits per heavy atom. The van der Waals surface area contributed by atoms with E-state index in [-0.39, 0.29) is 50.6 Å². The van der Waals surface area contributed by atoms with Gasteiger partial charge in [-0.05, 0) is 0 Å². The van der Waals surface area contributed by atoms with Crippen LogP contribution in [0, 0.1) is 13.0 Å². The molecule has 0 aromatic carbocycles. The van der Waals surface area contributed by atoms with Gasteiger partial charge in [0.05, 0.1) is 13.0 Å². The van der Waals surface area contributed by atoms with E-state index in [2.05, 4.69) is 19.6 Å². The van der Waals surface area contributed by atoms with Crippen LogP contribution in [0.5, 0.6) is 0 Å². The van der Waals surface area contributed by atoms with Gasteiger partial charge < -0.3 is 46.2 Å². The predicted octanol–water partition coefficient (Wildman–Crippen LogP) is -2.94. The zero-order valence-corrected chi connectivity index (χ0v) is 7.94. The molecule has 8 N–H and O–H groups in total. The van der Waals surface area contributed by atoms with E-state index < -0.39 is 13.0 Å². The van der Waals surface area contributed by atoms with Crippen molar-refractivity contribution in [3.8, 4) is 0 Å². The maximum atomic E-state index is 8.12. The molecule has 13 heavy (non-hydrogen) atoms. The van der Waals surface area contributed by atoms with Crippen LogP contribution in [-0.2, 0) is 53.7 Å². The van der Waals surface area contributed by atoms with Gasteiger partial charge in [-0.1, -0.05) is 0 Å². The molecule has 0 saturated carbocycles. The van der Waals surface area contributed by atoms with Crippen LogP contribution in [0.15, 0.2) is 0 Å². The molecule has 86 valence electrons. The molecule has 0 atom stereocenters. The molecule has 11 heteroatoms. The third-order valence-corrected chi connectivity index (χ3v) is 0.368. The van der Waals surface area contributed by atoms with Crippen LogP contribution in [0.1, 0.15) is 0 Å². The number of aliphatic hydroxyl groups excluding tert-OH is 2. The fourth-order valence-corrected chi connectivity index (χ4v) is 0.170. The smallest absolute Gasteiger partial charge is 0.507 e. The van der Waals surface area contributed by atoms with Crippen LogP contribution in [0.3, 0.4) is 0 Å². The van der Waals surface area contributed by atoms with Gasteiger partial charge in [0.15, 0.2) is 0 Å². The second-order valence-electron chi connectivity index (χ2n) is 0.865. The average molecular weight is 288 g/mol. The van der Waals surface area contributed by atoms with Crippen molar-refractivity contribution >= 4 is 0 Å². The third kappa shape index (κ3) is 12.7. The van der Waals surface area contributed by atoms with Crippen molar-refractivity contribution in [3.63, 3.8) is 0 Å². The van der Waals surface area contributed by atoms with E-state index in [9.17, 15) is 0 Å². The van der Waals surface area contributed by atoms with E-state index in [1.54, 1.807) is 0 Å². The van der Waals surface area contributed by atoms with Crippen molar-refractivity contribution in [2.45, 2.75) is 0 Å². The van der Waals surface area contributed by atoms with Gasteiger partial charge >= 0.3 is 17.1 Å². The molecule has 1 saturated heterocycles. The predicted molar refractivity (Wildman–Crippen MR) is 25.5 cm³/mol. The molecule has 1 aliphatic heterocycles. The van der Waals surface area contributed by atoms with E-state index in [0.29, 0.717) is 0 Å². The number of hydrogen-bond donors (Lipinski definition) is 2. The summed E-state index contributed by atoms with van der Waals surface area (Å²) in [4.78, 5) is 14.9. The molecule has 0 aliphatic carbocycles. The Balaban J connectivity index is -0.0000000427. The van der Waals surface area contributed by atoms with E-state index in [0.717, 1.165) is 0 Å². The second kappa shape index (κ2) is 15.2. The van der Waals surface area contributed by atoms with Crippen molar-refractivity contribution in [2.24, 2.45) is 0 Å². The number of rotatable bonds is 0. The number of hydrogen-bond acceptors (Lipinski definition) is 6. The second-order valence-corrected chi connectivity index (χ2v) is 0.865. The largest absolute Gasteiger partial charge is 2.00 e. The molecule has 0 amide bonds. The molecule has 0 bridgehead atoms. The molecule has 0 radical (unpaired) electrons. The van der Waals surface area contributed by atoms with Crippen molar-refractivity contribution in [3.05, 3.63) is 13.0 Å². The molecule has 0 aromatic rings. The van der Waals surface area contributed by atoms with E-state index in [4.69, 9.17) is 10.2 Å². The molecule has 0 aromatic heterocycles. The first-order chi connectivity index (χ1) is 3.79. The summed E-state index contributed by atoms with van der Waals surface area (Å²) in [7, 11) is 0. The van der Waals surface area contributed by atoms with Gasteiger partial charge in [-0.15, -0.1) is 0 Å². The number of aliphatic hydroxyl groups is 2. The van der Waals surface area contributed by atoms with Crippen LogP contribution in [0.4, 0.5) is 0 Å². The van der Waals surface area contributed by atoms with Crippen molar-refractivity contribution < 1.29 is 80.3 Å². The molecule has 1 aliphatic rings. The fraction of sp³-hybridized carbons (Fsp3) is 0. The summed E-state index contributed by atoms with van der Waals surface area (Å²) in [5, 5.41) is 16.2. The molecule has 1 rings (SSSR count). The fourth-order valence-electron chi connectivity index (χ4n) is 0.170. The topological polar surface area (TPSA) is 172 Å². The van der Waals surface area contributed by atoms with Gasteiger partial charge in [0.25, 0.3) is 0 Å². The normalized spacial score (nSPS) is 16.2. The van der Waals surface area contributed by atoms with Crippen LogP contribution in [0.25, 0.3) is 0 Å². The van der Waals surface area contributed by atoms with Crippen LogP contribution in [0.2, 0.25) is 0 Å². The molecule has 0 spiro atoms. The Morgan fingerprint density at radius 1 is 0.692 bits per heavy atom. The van der Waals surface area contributed by atoms with E-state index in [1.165, 1.54) is 0 Å². The maximum absolute atomic E-state index is 8.12. The quantitative estimate of drug-likeness (QED) is 0.274. The molecule has 1 fully saturated rings. The zero-order chi connectivity index (χ0) is 5.98. The van der Waals surface area contributed by atoms with Gasteiger partial charge in [0.2, 0.25) is 0 Å². The Labute approximate surface area is 93.6 Å². The average Bonchev–Trinajstić information content (AvgIpc) is 1.77. The zero-order valence-electron chi connectivity index (χ0n) is 5.73. The first-order valence-corrected chi connectivity index (χ1v) is 1.60. The Morgan fingerprint density at radius 2 is 0.846 bits per heavy atom. The standard InChI is InChI=1S/C2H2O6.2Fe.3H2O/c3-1-5-7-2(4)8-6-1;;;;;/h3-4H;;;3*1H2/q-2;;+2;;;. The molecule has 0 unspecified atom stereocenters. The van der Waals surface area contributed by atoms with Gasteiger partial charge in [-0.2, -0.15) is 0 Å². The monoisotopic (exact) mass is 288 g/mol. The molecule has 9 nitrogen and oxygen atoms in total. The van der Waals surface area contributed by atoms with Gasteiger partial charge in [0.1, 0.15) is 0 Å². The summed E-state index contributed by atoms with van der Waals surface area (Å²) < 4.78 is 0. The molecular formula is C2H8Fe2O9. The first kappa shape index (κ1) is 29.2. The van der Waals surface area contributed by atoms with Gasteiger partial charge in [0, 0.05) is 17.1 Å². The van der Waals surface area contributed by atoms with Crippen molar-refractivity contribution in [1.82, 2.24) is 0 Å². The Kier molecular flexibility index (Phi) is 34.1. The summed E-state index contributed by atoms with van der Waals surface area (Å²) in [5.74, 6) is 0. The van der Waals surface area contributed by atoms with Crippen molar-refractivity contribution in [1.29, 1.82) is 0 Å². The summed E-state index contributed by atoms with van der Waals surface area (Å²) in [5.41, 5.74) is 0. The van der Waals surface area contributed by atoms with Gasteiger partial charge in [-0.25, -0.2) is 0 Å². The van der Waals surface area contributed by atoms with Crippen LogP contribution < -0.4 is 0 Å².